The molecule has 2 unspecified atom stereocenters. The Morgan fingerprint density at radius 3 is 2.71 bits per heavy atom. The van der Waals surface area contributed by atoms with Gasteiger partial charge in [0.15, 0.2) is 11.5 Å². The third-order valence-electron chi connectivity index (χ3n) is 4.49. The van der Waals surface area contributed by atoms with E-state index in [1.54, 1.807) is 14.2 Å². The molecule has 1 aromatic carbocycles. The molecule has 2 bridgehead atoms. The number of nitrogens with zero attached hydrogens (tertiary/aromatic N) is 1. The first-order valence-electron chi connectivity index (χ1n) is 7.48. The Morgan fingerprint density at radius 2 is 1.95 bits per heavy atom. The Kier molecular flexibility index (Phi) is 5.73. The van der Waals surface area contributed by atoms with Gasteiger partial charge in [-0.25, -0.2) is 0 Å². The summed E-state index contributed by atoms with van der Waals surface area (Å²) in [6.45, 7) is 3.23. The number of nitrogens with one attached hydrogen (secondary N) is 1. The summed E-state index contributed by atoms with van der Waals surface area (Å²) in [6.07, 6.45) is 3.92. The number of likely N-dealkylation sites (tertiary alicyclic amines) is 1. The van der Waals surface area contributed by atoms with Gasteiger partial charge in [0, 0.05) is 37.3 Å². The largest absolute Gasteiger partial charge is 0.493 e. The second-order valence-corrected chi connectivity index (χ2v) is 5.81. The summed E-state index contributed by atoms with van der Waals surface area (Å²) >= 11 is 0. The maximum atomic E-state index is 5.53. The van der Waals surface area contributed by atoms with Gasteiger partial charge in [0.25, 0.3) is 0 Å². The Hall–Kier alpha value is -0.970. The molecule has 1 N–H and O–H groups in total. The van der Waals surface area contributed by atoms with E-state index in [0.717, 1.165) is 37.2 Å². The molecule has 2 heterocycles. The fourth-order valence-corrected chi connectivity index (χ4v) is 3.48. The Balaban J connectivity index is 0.00000161. The molecule has 2 aliphatic rings. The van der Waals surface area contributed by atoms with E-state index in [2.05, 4.69) is 16.3 Å². The predicted octanol–water partition coefficient (Wildman–Crippen LogP) is 2.45. The molecule has 3 rings (SSSR count). The molecule has 0 amide bonds. The minimum atomic E-state index is 0. The van der Waals surface area contributed by atoms with Crippen LogP contribution in [0.2, 0.25) is 0 Å². The summed E-state index contributed by atoms with van der Waals surface area (Å²) in [5.41, 5.74) is 1.21. The zero-order valence-corrected chi connectivity index (χ0v) is 13.6. The topological polar surface area (TPSA) is 33.7 Å². The number of halogens is 1. The van der Waals surface area contributed by atoms with Crippen LogP contribution in [0, 0.1) is 0 Å². The molecule has 0 saturated carbocycles. The van der Waals surface area contributed by atoms with E-state index < -0.39 is 0 Å². The molecule has 4 nitrogen and oxygen atoms in total. The molecule has 0 aromatic heterocycles. The number of para-hydroxylation sites is 1. The van der Waals surface area contributed by atoms with Gasteiger partial charge in [-0.2, -0.15) is 0 Å². The number of hydrogen-bond donors (Lipinski definition) is 1. The maximum absolute atomic E-state index is 5.53. The number of rotatable bonds is 4. The van der Waals surface area contributed by atoms with Gasteiger partial charge < -0.3 is 14.8 Å². The minimum absolute atomic E-state index is 0. The lowest BCUT2D eigenvalue weighted by Crippen LogP contribution is -2.35. The van der Waals surface area contributed by atoms with E-state index in [9.17, 15) is 0 Å². The second kappa shape index (κ2) is 7.34. The third kappa shape index (κ3) is 3.62. The maximum Gasteiger partial charge on any atom is 0.165 e. The van der Waals surface area contributed by atoms with Crippen LogP contribution >= 0.6 is 12.4 Å². The van der Waals surface area contributed by atoms with Crippen LogP contribution in [-0.2, 0) is 6.54 Å². The fourth-order valence-electron chi connectivity index (χ4n) is 3.48. The van der Waals surface area contributed by atoms with E-state index in [1.807, 2.05) is 12.1 Å². The number of benzene rings is 1. The zero-order valence-electron chi connectivity index (χ0n) is 12.8. The Morgan fingerprint density at radius 1 is 1.14 bits per heavy atom. The van der Waals surface area contributed by atoms with Crippen molar-refractivity contribution in [1.82, 2.24) is 10.2 Å². The van der Waals surface area contributed by atoms with Crippen LogP contribution in [0.1, 0.15) is 24.8 Å². The van der Waals surface area contributed by atoms with Crippen LogP contribution in [0.4, 0.5) is 0 Å². The first-order valence-corrected chi connectivity index (χ1v) is 7.48. The SMILES string of the molecule is COc1cccc(CN2CCC3CCC(C2)N3)c1OC.Cl. The van der Waals surface area contributed by atoms with Gasteiger partial charge in [-0.1, -0.05) is 12.1 Å². The highest BCUT2D eigenvalue weighted by atomic mass is 35.5. The number of methoxy groups -OCH3 is 2. The highest BCUT2D eigenvalue weighted by Gasteiger charge is 2.29. The standard InChI is InChI=1S/C16H24N2O2.ClH/c1-19-15-5-3-4-12(16(15)20-2)10-18-9-8-13-6-7-14(11-18)17-13;/h3-5,13-14,17H,6-11H2,1-2H3;1H. The van der Waals surface area contributed by atoms with Crippen LogP contribution in [0.25, 0.3) is 0 Å². The van der Waals surface area contributed by atoms with Crippen molar-refractivity contribution in [2.45, 2.75) is 37.9 Å². The normalized spacial score (nSPS) is 25.0. The summed E-state index contributed by atoms with van der Waals surface area (Å²) in [4.78, 5) is 2.54. The monoisotopic (exact) mass is 312 g/mol. The van der Waals surface area contributed by atoms with Crippen molar-refractivity contribution in [2.75, 3.05) is 27.3 Å². The van der Waals surface area contributed by atoms with Gasteiger partial charge in [0.1, 0.15) is 0 Å². The molecule has 0 radical (unpaired) electrons. The molecule has 0 spiro atoms. The zero-order chi connectivity index (χ0) is 13.9. The van der Waals surface area contributed by atoms with E-state index in [4.69, 9.17) is 9.47 Å². The van der Waals surface area contributed by atoms with Crippen molar-refractivity contribution in [1.29, 1.82) is 0 Å². The highest BCUT2D eigenvalue weighted by molar-refractivity contribution is 5.85. The lowest BCUT2D eigenvalue weighted by atomic mass is 10.1. The second-order valence-electron chi connectivity index (χ2n) is 5.81. The van der Waals surface area contributed by atoms with Gasteiger partial charge in [-0.05, 0) is 25.3 Å². The molecule has 2 aliphatic heterocycles. The van der Waals surface area contributed by atoms with Crippen molar-refractivity contribution in [2.24, 2.45) is 0 Å². The van der Waals surface area contributed by atoms with Gasteiger partial charge in [-0.3, -0.25) is 4.90 Å². The molecule has 2 saturated heterocycles. The fraction of sp³-hybridized carbons (Fsp3) is 0.625. The first-order chi connectivity index (χ1) is 9.80. The van der Waals surface area contributed by atoms with Crippen LogP contribution in [0.5, 0.6) is 11.5 Å². The minimum Gasteiger partial charge on any atom is -0.493 e. The lowest BCUT2D eigenvalue weighted by Gasteiger charge is -2.25. The molecule has 1 aromatic rings. The molecule has 2 fully saturated rings. The highest BCUT2D eigenvalue weighted by Crippen LogP contribution is 2.32. The Labute approximate surface area is 133 Å². The van der Waals surface area contributed by atoms with Crippen molar-refractivity contribution in [3.05, 3.63) is 23.8 Å². The van der Waals surface area contributed by atoms with E-state index >= 15 is 0 Å². The van der Waals surface area contributed by atoms with Crippen molar-refractivity contribution < 1.29 is 9.47 Å². The van der Waals surface area contributed by atoms with Crippen molar-refractivity contribution in [3.63, 3.8) is 0 Å². The van der Waals surface area contributed by atoms with E-state index in [-0.39, 0.29) is 12.4 Å². The van der Waals surface area contributed by atoms with E-state index in [0.29, 0.717) is 6.04 Å². The van der Waals surface area contributed by atoms with Crippen molar-refractivity contribution >= 4 is 12.4 Å². The first kappa shape index (κ1) is 16.4. The van der Waals surface area contributed by atoms with Gasteiger partial charge in [0.05, 0.1) is 14.2 Å². The molecule has 0 aliphatic carbocycles. The molecule has 5 heteroatoms. The average Bonchev–Trinajstić information content (AvgIpc) is 2.81. The number of fused-ring (bicyclic) bond motifs is 2. The van der Waals surface area contributed by atoms with E-state index in [1.165, 1.54) is 24.8 Å². The number of hydrogen-bond acceptors (Lipinski definition) is 4. The summed E-state index contributed by atoms with van der Waals surface area (Å²) < 4.78 is 10.9. The molecular formula is C16H25ClN2O2. The van der Waals surface area contributed by atoms with Crippen LogP contribution in [-0.4, -0.2) is 44.3 Å². The predicted molar refractivity (Wildman–Crippen MR) is 86.6 cm³/mol. The van der Waals surface area contributed by atoms with Crippen molar-refractivity contribution in [3.8, 4) is 11.5 Å². The molecule has 21 heavy (non-hydrogen) atoms. The summed E-state index contributed by atoms with van der Waals surface area (Å²) in [5.74, 6) is 1.69. The summed E-state index contributed by atoms with van der Waals surface area (Å²) in [5, 5.41) is 3.72. The van der Waals surface area contributed by atoms with Gasteiger partial charge in [0.2, 0.25) is 0 Å². The number of ether oxygens (including phenoxy) is 2. The summed E-state index contributed by atoms with van der Waals surface area (Å²) in [7, 11) is 3.41. The molecule has 118 valence electrons. The summed E-state index contributed by atoms with van der Waals surface area (Å²) in [6, 6.07) is 7.53. The lowest BCUT2D eigenvalue weighted by molar-refractivity contribution is 0.245. The quantitative estimate of drug-likeness (QED) is 0.926. The molecular weight excluding hydrogens is 288 g/mol. The Bertz CT molecular complexity index is 470. The van der Waals surface area contributed by atoms with Gasteiger partial charge >= 0.3 is 0 Å². The van der Waals surface area contributed by atoms with Gasteiger partial charge in [-0.15, -0.1) is 12.4 Å². The average molecular weight is 313 g/mol. The van der Waals surface area contributed by atoms with Crippen LogP contribution < -0.4 is 14.8 Å². The third-order valence-corrected chi connectivity index (χ3v) is 4.49. The smallest absolute Gasteiger partial charge is 0.165 e. The van der Waals surface area contributed by atoms with Crippen LogP contribution in [0.15, 0.2) is 18.2 Å². The van der Waals surface area contributed by atoms with Crippen LogP contribution in [0.3, 0.4) is 0 Å². The molecule has 2 atom stereocenters.